The van der Waals surface area contributed by atoms with Crippen molar-refractivity contribution in [3.63, 3.8) is 0 Å². The van der Waals surface area contributed by atoms with Crippen LogP contribution in [0.2, 0.25) is 0 Å². The second kappa shape index (κ2) is 8.46. The van der Waals surface area contributed by atoms with Crippen LogP contribution < -0.4 is 0 Å². The van der Waals surface area contributed by atoms with Crippen LogP contribution in [0.3, 0.4) is 0 Å². The maximum absolute atomic E-state index is 10.5. The summed E-state index contributed by atoms with van der Waals surface area (Å²) in [6.07, 6.45) is 2.70. The van der Waals surface area contributed by atoms with Crippen molar-refractivity contribution in [3.05, 3.63) is 37.1 Å². The van der Waals surface area contributed by atoms with Gasteiger partial charge in [0.25, 0.3) is 0 Å². The third-order valence-electron chi connectivity index (χ3n) is 0.918. The van der Waals surface area contributed by atoms with E-state index in [-0.39, 0.29) is 0 Å². The van der Waals surface area contributed by atoms with Crippen molar-refractivity contribution in [3.8, 4) is 0 Å². The fourth-order valence-electron chi connectivity index (χ4n) is 0.369. The zero-order valence-electron chi connectivity index (χ0n) is 7.91. The van der Waals surface area contributed by atoms with Gasteiger partial charge in [-0.3, -0.25) is 9.59 Å². The number of aliphatic hydroxyl groups excluding tert-OH is 1. The molecule has 0 saturated heterocycles. The van der Waals surface area contributed by atoms with Crippen molar-refractivity contribution in [2.45, 2.75) is 13.8 Å². The van der Waals surface area contributed by atoms with Crippen LogP contribution in [0.25, 0.3) is 0 Å². The molecule has 13 heavy (non-hydrogen) atoms. The van der Waals surface area contributed by atoms with E-state index in [0.29, 0.717) is 0 Å². The molecule has 0 aliphatic rings. The monoisotopic (exact) mass is 182 g/mol. The molecule has 0 fully saturated rings. The smallest absolute Gasteiger partial charge is 0.219 e. The summed E-state index contributed by atoms with van der Waals surface area (Å²) in [6.45, 7) is 10.3. The number of rotatable bonds is 4. The van der Waals surface area contributed by atoms with Crippen LogP contribution in [-0.2, 0) is 9.59 Å². The average Bonchev–Trinajstić information content (AvgIpc) is 2.19. The number of allylic oxidation sites excluding steroid dienone is 3. The molecule has 0 rings (SSSR count). The molecule has 1 N–H and O–H groups in total. The molecule has 0 aliphatic carbocycles. The summed E-state index contributed by atoms with van der Waals surface area (Å²) in [7, 11) is 0. The second-order valence-corrected chi connectivity index (χ2v) is 1.70. The predicted octanol–water partition coefficient (Wildman–Crippen LogP) is 1.96. The highest BCUT2D eigenvalue weighted by Crippen LogP contribution is 1.92. The van der Waals surface area contributed by atoms with Gasteiger partial charge in [0.1, 0.15) is 0 Å². The lowest BCUT2D eigenvalue weighted by Gasteiger charge is -1.89. The number of hydrogen-bond acceptors (Lipinski definition) is 3. The van der Waals surface area contributed by atoms with Crippen LogP contribution in [0.5, 0.6) is 0 Å². The summed E-state index contributed by atoms with van der Waals surface area (Å²) < 4.78 is 0. The average molecular weight is 182 g/mol. The van der Waals surface area contributed by atoms with Gasteiger partial charge in [0.15, 0.2) is 11.5 Å². The van der Waals surface area contributed by atoms with E-state index in [1.807, 2.05) is 13.8 Å². The van der Waals surface area contributed by atoms with E-state index < -0.39 is 17.3 Å². The third-order valence-corrected chi connectivity index (χ3v) is 0.918. The van der Waals surface area contributed by atoms with Crippen molar-refractivity contribution in [2.24, 2.45) is 0 Å². The van der Waals surface area contributed by atoms with Crippen LogP contribution in [0.15, 0.2) is 37.1 Å². The summed E-state index contributed by atoms with van der Waals surface area (Å²) in [5, 5.41) is 8.79. The standard InChI is InChI=1S/C8H8O3.C2H6/c1-3-6(9)5-8(11)7(10)4-2;1-2/h3-5,11H,1-2H2;1-2H3/b8-5+;. The molecule has 0 aromatic rings. The highest BCUT2D eigenvalue weighted by atomic mass is 16.3. The zero-order valence-corrected chi connectivity index (χ0v) is 7.91. The molecular weight excluding hydrogens is 168 g/mol. The first kappa shape index (κ1) is 13.9. The van der Waals surface area contributed by atoms with Gasteiger partial charge in [0.2, 0.25) is 5.78 Å². The van der Waals surface area contributed by atoms with Gasteiger partial charge < -0.3 is 5.11 Å². The first-order valence-electron chi connectivity index (χ1n) is 3.85. The molecule has 0 amide bonds. The van der Waals surface area contributed by atoms with Gasteiger partial charge in [0, 0.05) is 6.08 Å². The molecule has 0 saturated carbocycles. The molecule has 0 aromatic carbocycles. The van der Waals surface area contributed by atoms with Crippen LogP contribution in [0.1, 0.15) is 13.8 Å². The summed E-state index contributed by atoms with van der Waals surface area (Å²) in [5.74, 6) is -1.82. The maximum Gasteiger partial charge on any atom is 0.219 e. The topological polar surface area (TPSA) is 54.4 Å². The molecule has 0 spiro atoms. The highest BCUT2D eigenvalue weighted by molar-refractivity contribution is 6.08. The quantitative estimate of drug-likeness (QED) is 0.534. The lowest BCUT2D eigenvalue weighted by Crippen LogP contribution is -1.99. The van der Waals surface area contributed by atoms with Gasteiger partial charge in [0.05, 0.1) is 0 Å². The number of ketones is 2. The van der Waals surface area contributed by atoms with Crippen LogP contribution in [0, 0.1) is 0 Å². The Hall–Kier alpha value is -1.64. The number of carbonyl (C=O) groups excluding carboxylic acids is 2. The molecular formula is C10H14O3. The first-order valence-corrected chi connectivity index (χ1v) is 3.85. The van der Waals surface area contributed by atoms with Gasteiger partial charge >= 0.3 is 0 Å². The van der Waals surface area contributed by atoms with Gasteiger partial charge in [-0.1, -0.05) is 27.0 Å². The highest BCUT2D eigenvalue weighted by Gasteiger charge is 2.02. The van der Waals surface area contributed by atoms with Gasteiger partial charge in [-0.2, -0.15) is 0 Å². The molecule has 0 aromatic heterocycles. The fourth-order valence-corrected chi connectivity index (χ4v) is 0.369. The molecule has 3 nitrogen and oxygen atoms in total. The number of hydrogen-bond donors (Lipinski definition) is 1. The third kappa shape index (κ3) is 6.75. The molecule has 72 valence electrons. The van der Waals surface area contributed by atoms with E-state index in [2.05, 4.69) is 13.2 Å². The number of aliphatic hydroxyl groups is 1. The second-order valence-electron chi connectivity index (χ2n) is 1.70. The minimum Gasteiger partial charge on any atom is -0.504 e. The Morgan fingerprint density at radius 1 is 1.15 bits per heavy atom. The first-order chi connectivity index (χ1) is 6.11. The summed E-state index contributed by atoms with van der Waals surface area (Å²) >= 11 is 0. The molecule has 0 bridgehead atoms. The van der Waals surface area contributed by atoms with Crippen molar-refractivity contribution in [1.29, 1.82) is 0 Å². The van der Waals surface area contributed by atoms with Crippen molar-refractivity contribution in [2.75, 3.05) is 0 Å². The van der Waals surface area contributed by atoms with Crippen molar-refractivity contribution >= 4 is 11.6 Å². The predicted molar refractivity (Wildman–Crippen MR) is 52.5 cm³/mol. The summed E-state index contributed by atoms with van der Waals surface area (Å²) in [4.78, 5) is 21.0. The Balaban J connectivity index is 0. The van der Waals surface area contributed by atoms with Crippen LogP contribution in [-0.4, -0.2) is 16.7 Å². The molecule has 0 heterocycles. The van der Waals surface area contributed by atoms with E-state index in [0.717, 1.165) is 18.2 Å². The SMILES string of the molecule is C=CC(=O)/C=C(/O)C(=O)C=C.CC. The Labute approximate surface area is 78.1 Å². The van der Waals surface area contributed by atoms with E-state index in [9.17, 15) is 9.59 Å². The van der Waals surface area contributed by atoms with Crippen LogP contribution >= 0.6 is 0 Å². The Kier molecular flexibility index (Phi) is 9.05. The Bertz CT molecular complexity index is 237. The van der Waals surface area contributed by atoms with Crippen molar-refractivity contribution in [1.82, 2.24) is 0 Å². The lowest BCUT2D eigenvalue weighted by atomic mass is 10.2. The Morgan fingerprint density at radius 3 is 1.92 bits per heavy atom. The fraction of sp³-hybridized carbons (Fsp3) is 0.200. The molecule has 0 radical (unpaired) electrons. The maximum atomic E-state index is 10.5. The molecule has 3 heteroatoms. The number of carbonyl (C=O) groups is 2. The van der Waals surface area contributed by atoms with Gasteiger partial charge in [-0.15, -0.1) is 0 Å². The van der Waals surface area contributed by atoms with E-state index >= 15 is 0 Å². The minimum absolute atomic E-state index is 0.516. The van der Waals surface area contributed by atoms with E-state index in [1.165, 1.54) is 0 Å². The van der Waals surface area contributed by atoms with Gasteiger partial charge in [-0.25, -0.2) is 0 Å². The molecule has 0 aliphatic heterocycles. The zero-order chi connectivity index (χ0) is 10.9. The van der Waals surface area contributed by atoms with E-state index in [4.69, 9.17) is 5.11 Å². The largest absolute Gasteiger partial charge is 0.504 e. The van der Waals surface area contributed by atoms with Gasteiger partial charge in [-0.05, 0) is 12.2 Å². The van der Waals surface area contributed by atoms with Crippen LogP contribution in [0.4, 0.5) is 0 Å². The molecule has 0 atom stereocenters. The summed E-state index contributed by atoms with van der Waals surface area (Å²) in [5.41, 5.74) is 0. The minimum atomic E-state index is -0.680. The lowest BCUT2D eigenvalue weighted by molar-refractivity contribution is -0.115. The normalized spacial score (nSPS) is 9.23. The van der Waals surface area contributed by atoms with E-state index in [1.54, 1.807) is 0 Å². The van der Waals surface area contributed by atoms with Crippen molar-refractivity contribution < 1.29 is 14.7 Å². The Morgan fingerprint density at radius 2 is 1.62 bits per heavy atom. The molecule has 0 unspecified atom stereocenters. The summed E-state index contributed by atoms with van der Waals surface area (Å²) in [6, 6.07) is 0.